The molecule has 1 aliphatic rings. The van der Waals surface area contributed by atoms with Gasteiger partial charge in [-0.15, -0.1) is 0 Å². The van der Waals surface area contributed by atoms with Crippen molar-refractivity contribution in [2.45, 2.75) is 26.2 Å². The second-order valence-electron chi connectivity index (χ2n) is 5.16. The van der Waals surface area contributed by atoms with Crippen molar-refractivity contribution in [2.24, 2.45) is 11.8 Å². The Bertz CT molecular complexity index is 530. The van der Waals surface area contributed by atoms with E-state index < -0.39 is 5.82 Å². The molecule has 2 unspecified atom stereocenters. The zero-order valence-electron chi connectivity index (χ0n) is 10.7. The Kier molecular flexibility index (Phi) is 3.90. The molecule has 2 atom stereocenters. The van der Waals surface area contributed by atoms with E-state index in [9.17, 15) is 14.0 Å². The van der Waals surface area contributed by atoms with Crippen molar-refractivity contribution in [3.05, 3.63) is 34.6 Å². The molecule has 1 aromatic rings. The molecule has 2 amide bonds. The Balaban J connectivity index is 2.43. The van der Waals surface area contributed by atoms with Crippen molar-refractivity contribution in [3.8, 4) is 0 Å². The normalized spacial score (nSPS) is 23.6. The molecular formula is C14H15ClFNO2. The first-order valence-electron chi connectivity index (χ1n) is 6.18. The van der Waals surface area contributed by atoms with E-state index in [4.69, 9.17) is 11.6 Å². The second-order valence-corrected chi connectivity index (χ2v) is 5.57. The molecule has 1 aromatic carbocycles. The van der Waals surface area contributed by atoms with Gasteiger partial charge in [-0.25, -0.2) is 4.39 Å². The summed E-state index contributed by atoms with van der Waals surface area (Å²) in [5, 5.41) is 2.61. The maximum atomic E-state index is 13.1. The third-order valence-corrected chi connectivity index (χ3v) is 3.81. The Hall–Kier alpha value is -1.42. The molecule has 0 aromatic heterocycles. The van der Waals surface area contributed by atoms with E-state index in [-0.39, 0.29) is 41.0 Å². The van der Waals surface area contributed by atoms with Crippen LogP contribution in [0.4, 0.5) is 4.39 Å². The molecule has 0 spiro atoms. The third-order valence-electron chi connectivity index (χ3n) is 3.48. The molecule has 1 aliphatic heterocycles. The molecule has 2 rings (SSSR count). The molecule has 5 heteroatoms. The number of imide groups is 1. The molecule has 0 saturated carbocycles. The van der Waals surface area contributed by atoms with E-state index in [1.54, 1.807) is 6.07 Å². The predicted molar refractivity (Wildman–Crippen MR) is 70.2 cm³/mol. The first-order chi connectivity index (χ1) is 8.90. The lowest BCUT2D eigenvalue weighted by molar-refractivity contribution is -0.138. The van der Waals surface area contributed by atoms with Gasteiger partial charge in [-0.1, -0.05) is 31.5 Å². The molecule has 0 bridgehead atoms. The first-order valence-corrected chi connectivity index (χ1v) is 6.56. The van der Waals surface area contributed by atoms with Crippen LogP contribution in [0.25, 0.3) is 0 Å². The van der Waals surface area contributed by atoms with Gasteiger partial charge in [0.25, 0.3) is 0 Å². The van der Waals surface area contributed by atoms with Gasteiger partial charge >= 0.3 is 0 Å². The van der Waals surface area contributed by atoms with Crippen LogP contribution >= 0.6 is 11.6 Å². The molecular weight excluding hydrogens is 269 g/mol. The number of carbonyl (C=O) groups excluding carboxylic acids is 2. The summed E-state index contributed by atoms with van der Waals surface area (Å²) in [6, 6.07) is 4.07. The van der Waals surface area contributed by atoms with Crippen molar-refractivity contribution in [1.82, 2.24) is 5.32 Å². The molecule has 3 nitrogen and oxygen atoms in total. The number of piperidine rings is 1. The Labute approximate surface area is 116 Å². The summed E-state index contributed by atoms with van der Waals surface area (Å²) in [6.07, 6.45) is 0.194. The van der Waals surface area contributed by atoms with Gasteiger partial charge in [-0.2, -0.15) is 0 Å². The van der Waals surface area contributed by atoms with Crippen LogP contribution in [0.15, 0.2) is 18.2 Å². The number of hydrogen-bond donors (Lipinski definition) is 1. The molecule has 102 valence electrons. The lowest BCUT2D eigenvalue weighted by Crippen LogP contribution is -2.46. The highest BCUT2D eigenvalue weighted by molar-refractivity contribution is 6.31. The third kappa shape index (κ3) is 2.78. The van der Waals surface area contributed by atoms with E-state index in [2.05, 4.69) is 5.32 Å². The van der Waals surface area contributed by atoms with Crippen LogP contribution in [0.1, 0.15) is 31.7 Å². The lowest BCUT2D eigenvalue weighted by atomic mass is 9.74. The van der Waals surface area contributed by atoms with Crippen molar-refractivity contribution in [1.29, 1.82) is 0 Å². The van der Waals surface area contributed by atoms with E-state index in [0.29, 0.717) is 5.56 Å². The molecule has 1 N–H and O–H groups in total. The highest BCUT2D eigenvalue weighted by Gasteiger charge is 2.39. The van der Waals surface area contributed by atoms with E-state index >= 15 is 0 Å². The van der Waals surface area contributed by atoms with Crippen molar-refractivity contribution >= 4 is 23.4 Å². The molecule has 0 aliphatic carbocycles. The van der Waals surface area contributed by atoms with Crippen molar-refractivity contribution < 1.29 is 14.0 Å². The summed E-state index contributed by atoms with van der Waals surface area (Å²) in [6.45, 7) is 3.84. The van der Waals surface area contributed by atoms with Gasteiger partial charge in [0.1, 0.15) is 5.82 Å². The van der Waals surface area contributed by atoms with E-state index in [0.717, 1.165) is 0 Å². The maximum Gasteiger partial charge on any atom is 0.230 e. The summed E-state index contributed by atoms with van der Waals surface area (Å²) in [4.78, 5) is 23.5. The average Bonchev–Trinajstić information content (AvgIpc) is 2.26. The van der Waals surface area contributed by atoms with Gasteiger partial charge in [-0.3, -0.25) is 14.9 Å². The van der Waals surface area contributed by atoms with Crippen molar-refractivity contribution in [3.63, 3.8) is 0 Å². The quantitative estimate of drug-likeness (QED) is 0.849. The zero-order chi connectivity index (χ0) is 14.2. The second kappa shape index (κ2) is 5.29. The minimum Gasteiger partial charge on any atom is -0.296 e. The molecule has 1 fully saturated rings. The van der Waals surface area contributed by atoms with Gasteiger partial charge in [0.15, 0.2) is 0 Å². The number of amides is 2. The minimum atomic E-state index is -0.429. The monoisotopic (exact) mass is 283 g/mol. The van der Waals surface area contributed by atoms with Gasteiger partial charge in [0.2, 0.25) is 11.8 Å². The summed E-state index contributed by atoms with van der Waals surface area (Å²) < 4.78 is 13.1. The SMILES string of the molecule is CC(C)C1C(=O)NC(=O)CC1c1ccc(F)cc1Cl. The number of hydrogen-bond acceptors (Lipinski definition) is 2. The van der Waals surface area contributed by atoms with Crippen LogP contribution in [0, 0.1) is 17.7 Å². The lowest BCUT2D eigenvalue weighted by Gasteiger charge is -2.33. The molecule has 0 radical (unpaired) electrons. The van der Waals surface area contributed by atoms with Gasteiger partial charge in [0, 0.05) is 23.3 Å². The fraction of sp³-hybridized carbons (Fsp3) is 0.429. The molecule has 19 heavy (non-hydrogen) atoms. The fourth-order valence-electron chi connectivity index (χ4n) is 2.65. The van der Waals surface area contributed by atoms with Crippen LogP contribution in [0.3, 0.4) is 0 Å². The highest BCUT2D eigenvalue weighted by atomic mass is 35.5. The van der Waals surface area contributed by atoms with Crippen LogP contribution in [0.2, 0.25) is 5.02 Å². The number of carbonyl (C=O) groups is 2. The van der Waals surface area contributed by atoms with Crippen LogP contribution in [0.5, 0.6) is 0 Å². The summed E-state index contributed by atoms with van der Waals surface area (Å²) in [5.74, 6) is -1.58. The van der Waals surface area contributed by atoms with E-state index in [1.807, 2.05) is 13.8 Å². The molecule has 1 saturated heterocycles. The summed E-state index contributed by atoms with van der Waals surface area (Å²) in [7, 11) is 0. The number of nitrogens with one attached hydrogen (secondary N) is 1. The van der Waals surface area contributed by atoms with Gasteiger partial charge in [0.05, 0.1) is 0 Å². The number of halogens is 2. The summed E-state index contributed by atoms with van der Waals surface area (Å²) in [5.41, 5.74) is 0.657. The zero-order valence-corrected chi connectivity index (χ0v) is 11.5. The van der Waals surface area contributed by atoms with Crippen molar-refractivity contribution in [2.75, 3.05) is 0 Å². The first kappa shape index (κ1) is 14.0. The summed E-state index contributed by atoms with van der Waals surface area (Å²) >= 11 is 6.05. The topological polar surface area (TPSA) is 46.2 Å². The van der Waals surface area contributed by atoms with Crippen LogP contribution in [-0.4, -0.2) is 11.8 Å². The largest absolute Gasteiger partial charge is 0.296 e. The predicted octanol–water partition coefficient (Wildman–Crippen LogP) is 2.88. The van der Waals surface area contributed by atoms with Crippen LogP contribution < -0.4 is 5.32 Å². The Morgan fingerprint density at radius 2 is 2.05 bits per heavy atom. The Morgan fingerprint density at radius 3 is 2.63 bits per heavy atom. The van der Waals surface area contributed by atoms with E-state index in [1.165, 1.54) is 12.1 Å². The van der Waals surface area contributed by atoms with Gasteiger partial charge < -0.3 is 0 Å². The smallest absolute Gasteiger partial charge is 0.230 e. The minimum absolute atomic E-state index is 0.0687. The Morgan fingerprint density at radius 1 is 1.37 bits per heavy atom. The average molecular weight is 284 g/mol. The van der Waals surface area contributed by atoms with Crippen LogP contribution in [-0.2, 0) is 9.59 Å². The standard InChI is InChI=1S/C14H15ClFNO2/c1-7(2)13-10(6-12(18)17-14(13)19)9-4-3-8(16)5-11(9)15/h3-5,7,10,13H,6H2,1-2H3,(H,17,18,19). The fourth-order valence-corrected chi connectivity index (χ4v) is 2.96. The highest BCUT2D eigenvalue weighted by Crippen LogP contribution is 2.39. The molecule has 1 heterocycles. The maximum absolute atomic E-state index is 13.1. The number of rotatable bonds is 2. The van der Waals surface area contributed by atoms with Gasteiger partial charge in [-0.05, 0) is 23.6 Å². The number of benzene rings is 1.